The molecule has 0 N–H and O–H groups in total. The third kappa shape index (κ3) is 5.50. The molecule has 2 heterocycles. The third-order valence-electron chi connectivity index (χ3n) is 6.53. The average Bonchev–Trinajstić information content (AvgIpc) is 3.33. The zero-order valence-electron chi connectivity index (χ0n) is 21.0. The Morgan fingerprint density at radius 3 is 2.50 bits per heavy atom. The predicted octanol–water partition coefficient (Wildman–Crippen LogP) is 4.46. The number of hydrogen-bond donors (Lipinski definition) is 0. The van der Waals surface area contributed by atoms with Gasteiger partial charge in [-0.3, -0.25) is 9.36 Å². The van der Waals surface area contributed by atoms with E-state index in [9.17, 15) is 13.2 Å². The van der Waals surface area contributed by atoms with Crippen LogP contribution in [0.1, 0.15) is 40.0 Å². The van der Waals surface area contributed by atoms with Crippen molar-refractivity contribution in [3.63, 3.8) is 0 Å². The van der Waals surface area contributed by atoms with Gasteiger partial charge in [0.25, 0.3) is 0 Å². The molecular formula is C26H33N5O3S2. The quantitative estimate of drug-likeness (QED) is 0.382. The van der Waals surface area contributed by atoms with Gasteiger partial charge in [0, 0.05) is 36.9 Å². The molecule has 1 amide bonds. The first kappa shape index (κ1) is 26.4. The molecule has 1 aliphatic rings. The van der Waals surface area contributed by atoms with E-state index < -0.39 is 10.0 Å². The van der Waals surface area contributed by atoms with Crippen molar-refractivity contribution in [1.29, 1.82) is 0 Å². The highest BCUT2D eigenvalue weighted by Crippen LogP contribution is 2.30. The molecule has 0 bridgehead atoms. The first-order chi connectivity index (χ1) is 17.4. The second-order valence-electron chi connectivity index (χ2n) is 8.81. The summed E-state index contributed by atoms with van der Waals surface area (Å²) in [5.41, 5.74) is 1.48. The number of thioether (sulfide) groups is 1. The highest BCUT2D eigenvalue weighted by atomic mass is 32.2. The van der Waals surface area contributed by atoms with Crippen molar-refractivity contribution in [2.75, 3.05) is 25.4 Å². The van der Waals surface area contributed by atoms with Crippen LogP contribution in [0.2, 0.25) is 0 Å². The maximum atomic E-state index is 13.1. The maximum absolute atomic E-state index is 13.1. The number of carbonyl (C=O) groups is 1. The van der Waals surface area contributed by atoms with Gasteiger partial charge in [0.15, 0.2) is 11.0 Å². The van der Waals surface area contributed by atoms with Gasteiger partial charge >= 0.3 is 0 Å². The van der Waals surface area contributed by atoms with Crippen LogP contribution in [0.4, 0.5) is 0 Å². The van der Waals surface area contributed by atoms with E-state index in [1.54, 1.807) is 18.2 Å². The number of hydrogen-bond acceptors (Lipinski definition) is 6. The summed E-state index contributed by atoms with van der Waals surface area (Å²) in [6.45, 7) is 7.34. The highest BCUT2D eigenvalue weighted by Gasteiger charge is 2.26. The number of para-hydroxylation sites is 1. The summed E-state index contributed by atoms with van der Waals surface area (Å²) >= 11 is 1.35. The topological polar surface area (TPSA) is 88.4 Å². The molecule has 1 aliphatic heterocycles. The lowest BCUT2D eigenvalue weighted by atomic mass is 10.0. The Kier molecular flexibility index (Phi) is 8.48. The van der Waals surface area contributed by atoms with Crippen molar-refractivity contribution in [2.24, 2.45) is 0 Å². The number of amides is 1. The van der Waals surface area contributed by atoms with Crippen LogP contribution in [0, 0.1) is 0 Å². The van der Waals surface area contributed by atoms with Gasteiger partial charge < -0.3 is 4.90 Å². The minimum absolute atomic E-state index is 0.101. The molecule has 0 aliphatic carbocycles. The van der Waals surface area contributed by atoms with E-state index in [0.29, 0.717) is 29.6 Å². The summed E-state index contributed by atoms with van der Waals surface area (Å²) in [6.07, 6.45) is 3.23. The number of carbonyl (C=O) groups excluding carboxylic acids is 1. The summed E-state index contributed by atoms with van der Waals surface area (Å²) in [7, 11) is -3.62. The van der Waals surface area contributed by atoms with Crippen LogP contribution in [0.25, 0.3) is 17.1 Å². The summed E-state index contributed by atoms with van der Waals surface area (Å²) in [5.74, 6) is 0.897. The van der Waals surface area contributed by atoms with Crippen molar-refractivity contribution >= 4 is 27.7 Å². The summed E-state index contributed by atoms with van der Waals surface area (Å²) in [5, 5.41) is 9.43. The molecule has 1 aromatic heterocycles. The zero-order chi connectivity index (χ0) is 25.7. The van der Waals surface area contributed by atoms with Gasteiger partial charge in [-0.2, -0.15) is 4.31 Å². The van der Waals surface area contributed by atoms with Crippen LogP contribution in [-0.2, 0) is 14.8 Å². The molecule has 0 saturated carbocycles. The van der Waals surface area contributed by atoms with Gasteiger partial charge in [0.2, 0.25) is 15.9 Å². The molecular weight excluding hydrogens is 494 g/mol. The largest absolute Gasteiger partial charge is 0.339 e. The molecule has 4 rings (SSSR count). The minimum atomic E-state index is -3.62. The fourth-order valence-electron chi connectivity index (χ4n) is 4.55. The maximum Gasteiger partial charge on any atom is 0.243 e. The Morgan fingerprint density at radius 2 is 1.81 bits per heavy atom. The summed E-state index contributed by atoms with van der Waals surface area (Å²) in [6, 6.07) is 16.7. The Balaban J connectivity index is 1.68. The lowest BCUT2D eigenvalue weighted by Gasteiger charge is -2.33. The van der Waals surface area contributed by atoms with Crippen LogP contribution < -0.4 is 0 Å². The molecule has 36 heavy (non-hydrogen) atoms. The molecule has 8 nitrogen and oxygen atoms in total. The molecule has 0 spiro atoms. The second-order valence-corrected chi connectivity index (χ2v) is 11.7. The smallest absolute Gasteiger partial charge is 0.243 e. The SMILES string of the molecule is CCN(CC)S(=O)(=O)c1cccc(-c2nnc(SCC(=O)N3CCCC[C@@H]3C)n2-c2ccccc2)c1. The third-order valence-corrected chi connectivity index (χ3v) is 9.49. The van der Waals surface area contributed by atoms with E-state index in [0.717, 1.165) is 31.5 Å². The Hall–Kier alpha value is -2.69. The number of likely N-dealkylation sites (tertiary alicyclic amines) is 1. The normalized spacial score (nSPS) is 16.4. The van der Waals surface area contributed by atoms with Crippen LogP contribution in [0.15, 0.2) is 64.6 Å². The van der Waals surface area contributed by atoms with Crippen LogP contribution >= 0.6 is 11.8 Å². The second kappa shape index (κ2) is 11.6. The Morgan fingerprint density at radius 1 is 1.06 bits per heavy atom. The molecule has 10 heteroatoms. The van der Waals surface area contributed by atoms with Crippen LogP contribution in [0.5, 0.6) is 0 Å². The number of sulfonamides is 1. The van der Waals surface area contributed by atoms with Gasteiger partial charge in [-0.25, -0.2) is 8.42 Å². The van der Waals surface area contributed by atoms with Crippen LogP contribution in [-0.4, -0.2) is 69.7 Å². The number of piperidine rings is 1. The van der Waals surface area contributed by atoms with Crippen LogP contribution in [0.3, 0.4) is 0 Å². The predicted molar refractivity (Wildman–Crippen MR) is 143 cm³/mol. The first-order valence-corrected chi connectivity index (χ1v) is 14.8. The van der Waals surface area contributed by atoms with Gasteiger partial charge in [0.05, 0.1) is 10.6 Å². The van der Waals surface area contributed by atoms with Crippen molar-refractivity contribution < 1.29 is 13.2 Å². The lowest BCUT2D eigenvalue weighted by Crippen LogP contribution is -2.42. The number of rotatable bonds is 9. The molecule has 1 saturated heterocycles. The van der Waals surface area contributed by atoms with Crippen molar-refractivity contribution in [3.05, 3.63) is 54.6 Å². The Labute approximate surface area is 217 Å². The molecule has 0 unspecified atom stereocenters. The molecule has 1 atom stereocenters. The van der Waals surface area contributed by atoms with Gasteiger partial charge in [-0.1, -0.05) is 55.9 Å². The Bertz CT molecular complexity index is 1290. The molecule has 0 radical (unpaired) electrons. The van der Waals surface area contributed by atoms with E-state index in [4.69, 9.17) is 0 Å². The molecule has 192 valence electrons. The number of benzene rings is 2. The minimum Gasteiger partial charge on any atom is -0.339 e. The fraction of sp³-hybridized carbons (Fsp3) is 0.423. The monoisotopic (exact) mass is 527 g/mol. The van der Waals surface area contributed by atoms with E-state index in [1.807, 2.05) is 59.7 Å². The summed E-state index contributed by atoms with van der Waals surface area (Å²) in [4.78, 5) is 15.1. The fourth-order valence-corrected chi connectivity index (χ4v) is 6.89. The van der Waals surface area contributed by atoms with E-state index in [1.165, 1.54) is 16.1 Å². The standard InChI is InChI=1S/C26H33N5O3S2/c1-4-29(5-2)36(33,34)23-16-11-13-21(18-23)25-27-28-26(31(25)22-14-7-6-8-15-22)35-19-24(32)30-17-10-9-12-20(30)3/h6-8,11,13-16,18,20H,4-5,9-10,12,17,19H2,1-3H3/t20-/m0/s1. The van der Waals surface area contributed by atoms with E-state index >= 15 is 0 Å². The zero-order valence-corrected chi connectivity index (χ0v) is 22.6. The van der Waals surface area contributed by atoms with Crippen molar-refractivity contribution in [2.45, 2.75) is 56.1 Å². The van der Waals surface area contributed by atoms with Crippen molar-refractivity contribution in [1.82, 2.24) is 24.0 Å². The number of aromatic nitrogens is 3. The lowest BCUT2D eigenvalue weighted by molar-refractivity contribution is -0.131. The molecule has 2 aromatic carbocycles. The van der Waals surface area contributed by atoms with Gasteiger partial charge in [-0.15, -0.1) is 10.2 Å². The summed E-state index contributed by atoms with van der Waals surface area (Å²) < 4.78 is 29.6. The van der Waals surface area contributed by atoms with Crippen molar-refractivity contribution in [3.8, 4) is 17.1 Å². The first-order valence-electron chi connectivity index (χ1n) is 12.4. The molecule has 1 fully saturated rings. The average molecular weight is 528 g/mol. The molecule has 3 aromatic rings. The van der Waals surface area contributed by atoms with Gasteiger partial charge in [-0.05, 0) is 50.5 Å². The van der Waals surface area contributed by atoms with Gasteiger partial charge in [0.1, 0.15) is 0 Å². The number of nitrogens with zero attached hydrogens (tertiary/aromatic N) is 5. The highest BCUT2D eigenvalue weighted by molar-refractivity contribution is 7.99. The van der Waals surface area contributed by atoms with E-state index in [-0.39, 0.29) is 22.6 Å². The van der Waals surface area contributed by atoms with E-state index in [2.05, 4.69) is 17.1 Å².